The van der Waals surface area contributed by atoms with Gasteiger partial charge in [-0.25, -0.2) is 4.39 Å². The molecule has 0 saturated heterocycles. The van der Waals surface area contributed by atoms with E-state index >= 15 is 0 Å². The SMILES string of the molecule is Cc1cc(C)c(N/C=C(/C#N)C(=O)Nc2ccc(F)cc2)c(Cl)c1. The summed E-state index contributed by atoms with van der Waals surface area (Å²) in [7, 11) is 0. The Morgan fingerprint density at radius 3 is 2.50 bits per heavy atom. The van der Waals surface area contributed by atoms with E-state index in [-0.39, 0.29) is 5.57 Å². The van der Waals surface area contributed by atoms with E-state index in [1.54, 1.807) is 6.07 Å². The lowest BCUT2D eigenvalue weighted by atomic mass is 10.1. The second kappa shape index (κ2) is 7.62. The molecule has 2 aromatic rings. The van der Waals surface area contributed by atoms with E-state index in [4.69, 9.17) is 16.9 Å². The molecule has 0 aromatic heterocycles. The fourth-order valence-corrected chi connectivity index (χ4v) is 2.50. The molecule has 0 unspecified atom stereocenters. The summed E-state index contributed by atoms with van der Waals surface area (Å²) < 4.78 is 12.9. The topological polar surface area (TPSA) is 64.9 Å². The molecule has 6 heteroatoms. The molecule has 0 spiro atoms. The maximum absolute atomic E-state index is 12.9. The van der Waals surface area contributed by atoms with Crippen molar-refractivity contribution in [3.63, 3.8) is 0 Å². The predicted octanol–water partition coefficient (Wildman–Crippen LogP) is 4.55. The van der Waals surface area contributed by atoms with Crippen LogP contribution in [0, 0.1) is 31.0 Å². The number of benzene rings is 2. The van der Waals surface area contributed by atoms with E-state index < -0.39 is 11.7 Å². The smallest absolute Gasteiger partial charge is 0.267 e. The highest BCUT2D eigenvalue weighted by Crippen LogP contribution is 2.27. The molecule has 0 radical (unpaired) electrons. The number of rotatable bonds is 4. The summed E-state index contributed by atoms with van der Waals surface area (Å²) in [6.45, 7) is 3.80. The van der Waals surface area contributed by atoms with Gasteiger partial charge in [-0.15, -0.1) is 0 Å². The summed E-state index contributed by atoms with van der Waals surface area (Å²) in [5.41, 5.74) is 2.81. The Morgan fingerprint density at radius 2 is 1.92 bits per heavy atom. The van der Waals surface area contributed by atoms with Crippen molar-refractivity contribution in [2.24, 2.45) is 0 Å². The molecule has 0 atom stereocenters. The van der Waals surface area contributed by atoms with Crippen LogP contribution < -0.4 is 10.6 Å². The van der Waals surface area contributed by atoms with Crippen LogP contribution in [0.4, 0.5) is 15.8 Å². The Kier molecular flexibility index (Phi) is 5.56. The Labute approximate surface area is 144 Å². The third-order valence-corrected chi connectivity index (χ3v) is 3.56. The molecular weight excluding hydrogens is 329 g/mol. The average Bonchev–Trinajstić information content (AvgIpc) is 2.52. The number of carbonyl (C=O) groups is 1. The first kappa shape index (κ1) is 17.5. The largest absolute Gasteiger partial charge is 0.359 e. The highest BCUT2D eigenvalue weighted by atomic mass is 35.5. The van der Waals surface area contributed by atoms with E-state index in [0.29, 0.717) is 16.4 Å². The number of nitrogens with one attached hydrogen (secondary N) is 2. The lowest BCUT2D eigenvalue weighted by Crippen LogP contribution is -2.14. The molecule has 24 heavy (non-hydrogen) atoms. The van der Waals surface area contributed by atoms with Crippen LogP contribution >= 0.6 is 11.6 Å². The summed E-state index contributed by atoms with van der Waals surface area (Å²) in [4.78, 5) is 12.1. The molecular formula is C18H15ClFN3O. The van der Waals surface area contributed by atoms with Crippen LogP contribution in [0.3, 0.4) is 0 Å². The molecule has 122 valence electrons. The molecule has 2 N–H and O–H groups in total. The summed E-state index contributed by atoms with van der Waals surface area (Å²) >= 11 is 6.17. The zero-order valence-corrected chi connectivity index (χ0v) is 13.9. The monoisotopic (exact) mass is 343 g/mol. The molecule has 2 rings (SSSR count). The first-order chi connectivity index (χ1) is 11.4. The van der Waals surface area contributed by atoms with Crippen molar-refractivity contribution >= 4 is 28.9 Å². The van der Waals surface area contributed by atoms with Crippen LogP contribution in [0.5, 0.6) is 0 Å². The number of carbonyl (C=O) groups excluding carboxylic acids is 1. The van der Waals surface area contributed by atoms with Crippen molar-refractivity contribution in [1.29, 1.82) is 5.26 Å². The van der Waals surface area contributed by atoms with Crippen molar-refractivity contribution in [2.75, 3.05) is 10.6 Å². The Morgan fingerprint density at radius 1 is 1.25 bits per heavy atom. The maximum atomic E-state index is 12.9. The molecule has 0 fully saturated rings. The van der Waals surface area contributed by atoms with E-state index in [1.165, 1.54) is 30.5 Å². The van der Waals surface area contributed by atoms with Crippen molar-refractivity contribution in [3.05, 3.63) is 70.1 Å². The summed E-state index contributed by atoms with van der Waals surface area (Å²) in [6, 6.07) is 10.8. The molecule has 0 bridgehead atoms. The molecule has 0 aliphatic heterocycles. The third kappa shape index (κ3) is 4.34. The van der Waals surface area contributed by atoms with Crippen molar-refractivity contribution in [2.45, 2.75) is 13.8 Å². The van der Waals surface area contributed by atoms with Crippen LogP contribution in [-0.4, -0.2) is 5.91 Å². The number of nitriles is 1. The van der Waals surface area contributed by atoms with Crippen LogP contribution in [0.25, 0.3) is 0 Å². The van der Waals surface area contributed by atoms with Gasteiger partial charge in [-0.1, -0.05) is 17.7 Å². The van der Waals surface area contributed by atoms with Gasteiger partial charge in [-0.2, -0.15) is 5.26 Å². The molecule has 0 aliphatic rings. The van der Waals surface area contributed by atoms with Gasteiger partial charge < -0.3 is 10.6 Å². The normalized spacial score (nSPS) is 10.9. The minimum atomic E-state index is -0.600. The molecule has 0 heterocycles. The van der Waals surface area contributed by atoms with Crippen molar-refractivity contribution in [1.82, 2.24) is 0 Å². The van der Waals surface area contributed by atoms with Gasteiger partial charge in [0.15, 0.2) is 0 Å². The Hall–Kier alpha value is -2.84. The third-order valence-electron chi connectivity index (χ3n) is 3.26. The summed E-state index contributed by atoms with van der Waals surface area (Å²) in [6.07, 6.45) is 1.29. The van der Waals surface area contributed by atoms with Gasteiger partial charge in [0.05, 0.1) is 10.7 Å². The van der Waals surface area contributed by atoms with Gasteiger partial charge in [0, 0.05) is 11.9 Å². The van der Waals surface area contributed by atoms with E-state index in [0.717, 1.165) is 11.1 Å². The number of hydrogen-bond acceptors (Lipinski definition) is 3. The van der Waals surface area contributed by atoms with Crippen LogP contribution in [-0.2, 0) is 4.79 Å². The zero-order valence-electron chi connectivity index (χ0n) is 13.2. The van der Waals surface area contributed by atoms with E-state index in [2.05, 4.69) is 10.6 Å². The Bertz CT molecular complexity index is 815. The lowest BCUT2D eigenvalue weighted by Gasteiger charge is -2.10. The highest BCUT2D eigenvalue weighted by Gasteiger charge is 2.10. The molecule has 0 aliphatic carbocycles. The van der Waals surface area contributed by atoms with E-state index in [1.807, 2.05) is 26.0 Å². The second-order valence-electron chi connectivity index (χ2n) is 5.21. The molecule has 2 aromatic carbocycles. The molecule has 0 saturated carbocycles. The van der Waals surface area contributed by atoms with Gasteiger partial charge in [-0.3, -0.25) is 4.79 Å². The maximum Gasteiger partial charge on any atom is 0.267 e. The first-order valence-electron chi connectivity index (χ1n) is 7.11. The molecule has 4 nitrogen and oxygen atoms in total. The van der Waals surface area contributed by atoms with Crippen LogP contribution in [0.1, 0.15) is 11.1 Å². The predicted molar refractivity (Wildman–Crippen MR) is 93.3 cm³/mol. The fraction of sp³-hybridized carbons (Fsp3) is 0.111. The highest BCUT2D eigenvalue weighted by molar-refractivity contribution is 6.33. The Balaban J connectivity index is 2.16. The van der Waals surface area contributed by atoms with Gasteiger partial charge in [-0.05, 0) is 55.3 Å². The van der Waals surface area contributed by atoms with Gasteiger partial charge >= 0.3 is 0 Å². The van der Waals surface area contributed by atoms with Crippen molar-refractivity contribution in [3.8, 4) is 6.07 Å². The quantitative estimate of drug-likeness (QED) is 0.632. The summed E-state index contributed by atoms with van der Waals surface area (Å²) in [5.74, 6) is -1.01. The number of halogens is 2. The lowest BCUT2D eigenvalue weighted by molar-refractivity contribution is -0.112. The van der Waals surface area contributed by atoms with Crippen LogP contribution in [0.15, 0.2) is 48.2 Å². The summed E-state index contributed by atoms with van der Waals surface area (Å²) in [5, 5.41) is 15.1. The molecule has 1 amide bonds. The number of hydrogen-bond donors (Lipinski definition) is 2. The van der Waals surface area contributed by atoms with Gasteiger partial charge in [0.25, 0.3) is 5.91 Å². The van der Waals surface area contributed by atoms with Crippen molar-refractivity contribution < 1.29 is 9.18 Å². The first-order valence-corrected chi connectivity index (χ1v) is 7.49. The second-order valence-corrected chi connectivity index (χ2v) is 5.62. The fourth-order valence-electron chi connectivity index (χ4n) is 2.12. The minimum absolute atomic E-state index is 0.129. The minimum Gasteiger partial charge on any atom is -0.359 e. The standard InChI is InChI=1S/C18H15ClFN3O/c1-11-7-12(2)17(16(19)8-11)22-10-13(9-21)18(24)23-15-5-3-14(20)4-6-15/h3-8,10,22H,1-2H3,(H,23,24)/b13-10-. The van der Waals surface area contributed by atoms with Gasteiger partial charge in [0.2, 0.25) is 0 Å². The number of amides is 1. The number of anilines is 2. The average molecular weight is 344 g/mol. The van der Waals surface area contributed by atoms with Gasteiger partial charge in [0.1, 0.15) is 17.5 Å². The van der Waals surface area contributed by atoms with E-state index in [9.17, 15) is 9.18 Å². The number of aryl methyl sites for hydroxylation is 2. The van der Waals surface area contributed by atoms with Crippen LogP contribution in [0.2, 0.25) is 5.02 Å². The number of nitrogens with zero attached hydrogens (tertiary/aromatic N) is 1. The zero-order chi connectivity index (χ0) is 17.7.